The fourth-order valence-corrected chi connectivity index (χ4v) is 3.94. The first-order valence-electron chi connectivity index (χ1n) is 12.6. The number of hydrogen-bond donors (Lipinski definition) is 1. The van der Waals surface area contributed by atoms with Gasteiger partial charge in [-0.3, -0.25) is 10.1 Å². The van der Waals surface area contributed by atoms with Crippen molar-refractivity contribution in [2.75, 3.05) is 18.1 Å². The fraction of sp³-hybridized carbons (Fsp3) is 0.200. The largest absolute Gasteiger partial charge is 0.491 e. The number of aliphatic hydroxyl groups excluding tert-OH is 1. The standard InChI is InChI=1S/C30H30N4O4/c35-21-9-1-2-10-22-38-30-23-28(33(25-11-5-3-6-12-25)26-13-7-4-8-14-26)19-20-29(30)32-31-24-15-17-27(18-16-24)34(36)37/h3-8,11-20,23,35H,1-2,9-10,21-22H2. The van der Waals surface area contributed by atoms with E-state index in [4.69, 9.17) is 9.84 Å². The first kappa shape index (κ1) is 26.5. The number of rotatable bonds is 13. The number of anilines is 3. The highest BCUT2D eigenvalue weighted by molar-refractivity contribution is 5.78. The zero-order valence-electron chi connectivity index (χ0n) is 21.0. The second kappa shape index (κ2) is 13.7. The van der Waals surface area contributed by atoms with Crippen LogP contribution >= 0.6 is 0 Å². The lowest BCUT2D eigenvalue weighted by molar-refractivity contribution is -0.384. The number of nitrogens with zero attached hydrogens (tertiary/aromatic N) is 4. The molecule has 4 aromatic rings. The molecule has 0 bridgehead atoms. The number of hydrogen-bond acceptors (Lipinski definition) is 7. The van der Waals surface area contributed by atoms with Gasteiger partial charge in [-0.05, 0) is 67.8 Å². The van der Waals surface area contributed by atoms with E-state index in [1.54, 1.807) is 12.1 Å². The maximum absolute atomic E-state index is 10.9. The first-order valence-corrected chi connectivity index (χ1v) is 12.6. The van der Waals surface area contributed by atoms with Crippen molar-refractivity contribution in [3.63, 3.8) is 0 Å². The minimum Gasteiger partial charge on any atom is -0.491 e. The van der Waals surface area contributed by atoms with Gasteiger partial charge in [0.2, 0.25) is 0 Å². The van der Waals surface area contributed by atoms with Gasteiger partial charge in [0.15, 0.2) is 0 Å². The van der Waals surface area contributed by atoms with Crippen molar-refractivity contribution in [1.29, 1.82) is 0 Å². The van der Waals surface area contributed by atoms with E-state index in [2.05, 4.69) is 39.4 Å². The second-order valence-corrected chi connectivity index (χ2v) is 8.62. The van der Waals surface area contributed by atoms with Crippen LogP contribution in [0.2, 0.25) is 0 Å². The van der Waals surface area contributed by atoms with E-state index in [0.29, 0.717) is 23.7 Å². The van der Waals surface area contributed by atoms with E-state index >= 15 is 0 Å². The van der Waals surface area contributed by atoms with Crippen LogP contribution in [0.3, 0.4) is 0 Å². The molecule has 0 spiro atoms. The maximum Gasteiger partial charge on any atom is 0.269 e. The van der Waals surface area contributed by atoms with Gasteiger partial charge in [0, 0.05) is 41.9 Å². The van der Waals surface area contributed by atoms with Gasteiger partial charge in [0.1, 0.15) is 11.4 Å². The zero-order chi connectivity index (χ0) is 26.6. The van der Waals surface area contributed by atoms with Crippen LogP contribution in [-0.4, -0.2) is 23.2 Å². The fourth-order valence-electron chi connectivity index (χ4n) is 3.94. The Morgan fingerprint density at radius 3 is 1.97 bits per heavy atom. The van der Waals surface area contributed by atoms with Crippen molar-refractivity contribution >= 4 is 34.1 Å². The SMILES string of the molecule is O=[N+]([O-])c1ccc(N=Nc2ccc(N(c3ccccc3)c3ccccc3)cc2OCCCCCCO)cc1. The summed E-state index contributed by atoms with van der Waals surface area (Å²) >= 11 is 0. The molecule has 0 saturated carbocycles. The van der Waals surface area contributed by atoms with Crippen molar-refractivity contribution in [2.45, 2.75) is 25.7 Å². The summed E-state index contributed by atoms with van der Waals surface area (Å²) in [5.74, 6) is 0.590. The lowest BCUT2D eigenvalue weighted by Crippen LogP contribution is -2.10. The molecule has 4 rings (SSSR count). The molecule has 0 radical (unpaired) electrons. The van der Waals surface area contributed by atoms with E-state index in [9.17, 15) is 10.1 Å². The minimum absolute atomic E-state index is 0.000406. The summed E-state index contributed by atoms with van der Waals surface area (Å²) < 4.78 is 6.19. The number of ether oxygens (including phenoxy) is 1. The number of nitro groups is 1. The molecule has 0 heterocycles. The Morgan fingerprint density at radius 2 is 1.37 bits per heavy atom. The summed E-state index contributed by atoms with van der Waals surface area (Å²) in [4.78, 5) is 12.6. The van der Waals surface area contributed by atoms with E-state index in [1.165, 1.54) is 12.1 Å². The van der Waals surface area contributed by atoms with E-state index in [1.807, 2.05) is 54.6 Å². The van der Waals surface area contributed by atoms with Crippen LogP contribution in [-0.2, 0) is 0 Å². The molecule has 38 heavy (non-hydrogen) atoms. The third-order valence-electron chi connectivity index (χ3n) is 5.87. The number of non-ortho nitro benzene ring substituents is 1. The molecule has 0 aliphatic rings. The molecule has 0 atom stereocenters. The molecule has 0 amide bonds. The van der Waals surface area contributed by atoms with Gasteiger partial charge < -0.3 is 14.7 Å². The van der Waals surface area contributed by atoms with Crippen LogP contribution in [0.5, 0.6) is 5.75 Å². The minimum atomic E-state index is -0.447. The quantitative estimate of drug-likeness (QED) is 0.0842. The Hall–Kier alpha value is -4.56. The Balaban J connectivity index is 1.64. The van der Waals surface area contributed by atoms with Crippen LogP contribution in [0.25, 0.3) is 0 Å². The third kappa shape index (κ3) is 7.24. The lowest BCUT2D eigenvalue weighted by Gasteiger charge is -2.26. The van der Waals surface area contributed by atoms with Gasteiger partial charge in [-0.2, -0.15) is 5.11 Å². The molecular weight excluding hydrogens is 480 g/mol. The molecule has 0 aliphatic carbocycles. The van der Waals surface area contributed by atoms with Gasteiger partial charge in [-0.1, -0.05) is 42.8 Å². The molecular formula is C30H30N4O4. The zero-order valence-corrected chi connectivity index (χ0v) is 21.0. The highest BCUT2D eigenvalue weighted by atomic mass is 16.6. The topological polar surface area (TPSA) is 101 Å². The summed E-state index contributed by atoms with van der Waals surface area (Å²) in [5, 5.41) is 28.6. The predicted octanol–water partition coefficient (Wildman–Crippen LogP) is 8.41. The van der Waals surface area contributed by atoms with E-state index in [-0.39, 0.29) is 12.3 Å². The van der Waals surface area contributed by atoms with Gasteiger partial charge in [0.25, 0.3) is 5.69 Å². The number of aliphatic hydroxyl groups is 1. The van der Waals surface area contributed by atoms with E-state index in [0.717, 1.165) is 42.7 Å². The number of nitro benzene ring substituents is 1. The molecule has 0 aromatic heterocycles. The summed E-state index contributed by atoms with van der Waals surface area (Å²) in [6.07, 6.45) is 3.54. The molecule has 194 valence electrons. The van der Waals surface area contributed by atoms with Crippen LogP contribution in [0.1, 0.15) is 25.7 Å². The highest BCUT2D eigenvalue weighted by Gasteiger charge is 2.15. The van der Waals surface area contributed by atoms with Crippen LogP contribution in [0.4, 0.5) is 34.1 Å². The molecule has 0 saturated heterocycles. The lowest BCUT2D eigenvalue weighted by atomic mass is 10.1. The Morgan fingerprint density at radius 1 is 0.737 bits per heavy atom. The van der Waals surface area contributed by atoms with Crippen LogP contribution in [0, 0.1) is 10.1 Å². The molecule has 8 nitrogen and oxygen atoms in total. The maximum atomic E-state index is 10.9. The third-order valence-corrected chi connectivity index (χ3v) is 5.87. The monoisotopic (exact) mass is 510 g/mol. The summed E-state index contributed by atoms with van der Waals surface area (Å²) in [6.45, 7) is 0.705. The molecule has 8 heteroatoms. The number of azo groups is 1. The average Bonchev–Trinajstić information content (AvgIpc) is 2.96. The van der Waals surface area contributed by atoms with E-state index < -0.39 is 4.92 Å². The second-order valence-electron chi connectivity index (χ2n) is 8.62. The summed E-state index contributed by atoms with van der Waals surface area (Å²) in [7, 11) is 0. The average molecular weight is 511 g/mol. The molecule has 0 fully saturated rings. The summed E-state index contributed by atoms with van der Waals surface area (Å²) in [5.41, 5.74) is 3.99. The van der Waals surface area contributed by atoms with Crippen molar-refractivity contribution in [3.05, 3.63) is 113 Å². The Bertz CT molecular complexity index is 1290. The smallest absolute Gasteiger partial charge is 0.269 e. The van der Waals surface area contributed by atoms with Crippen LogP contribution in [0.15, 0.2) is 113 Å². The number of para-hydroxylation sites is 2. The van der Waals surface area contributed by atoms with Gasteiger partial charge in [-0.15, -0.1) is 5.11 Å². The Labute approximate surface area is 222 Å². The highest BCUT2D eigenvalue weighted by Crippen LogP contribution is 2.40. The molecule has 1 N–H and O–H groups in total. The first-order chi connectivity index (χ1) is 18.7. The van der Waals surface area contributed by atoms with Crippen molar-refractivity contribution < 1.29 is 14.8 Å². The molecule has 0 unspecified atom stereocenters. The Kier molecular flexibility index (Phi) is 9.53. The van der Waals surface area contributed by atoms with Crippen molar-refractivity contribution in [2.24, 2.45) is 10.2 Å². The van der Waals surface area contributed by atoms with Gasteiger partial charge in [0.05, 0.1) is 17.2 Å². The van der Waals surface area contributed by atoms with Crippen molar-refractivity contribution in [1.82, 2.24) is 0 Å². The molecule has 4 aromatic carbocycles. The van der Waals surface area contributed by atoms with Gasteiger partial charge in [-0.25, -0.2) is 0 Å². The number of benzene rings is 4. The predicted molar refractivity (Wildman–Crippen MR) is 149 cm³/mol. The van der Waals surface area contributed by atoms with Gasteiger partial charge >= 0.3 is 0 Å². The van der Waals surface area contributed by atoms with Crippen molar-refractivity contribution in [3.8, 4) is 5.75 Å². The van der Waals surface area contributed by atoms with Crippen LogP contribution < -0.4 is 9.64 Å². The number of unbranched alkanes of at least 4 members (excludes halogenated alkanes) is 3. The summed E-state index contributed by atoms with van der Waals surface area (Å²) in [6, 6.07) is 31.9. The normalized spacial score (nSPS) is 11.0. The molecule has 0 aliphatic heterocycles.